The number of hydrogen-bond acceptors (Lipinski definition) is 2. The summed E-state index contributed by atoms with van der Waals surface area (Å²) in [7, 11) is 0. The van der Waals surface area contributed by atoms with Crippen LogP contribution in [-0.2, 0) is 0 Å². The highest BCUT2D eigenvalue weighted by Crippen LogP contribution is 2.24. The molecule has 2 rings (SSSR count). The fourth-order valence-electron chi connectivity index (χ4n) is 1.26. The first-order chi connectivity index (χ1) is 6.79. The Morgan fingerprint density at radius 2 is 2.21 bits per heavy atom. The molecule has 0 saturated carbocycles. The van der Waals surface area contributed by atoms with Crippen LogP contribution < -0.4 is 0 Å². The normalized spacial score (nSPS) is 13.3. The van der Waals surface area contributed by atoms with E-state index < -0.39 is 0 Å². The highest BCUT2D eigenvalue weighted by atomic mass is 32.2. The molecule has 0 amide bonds. The fourth-order valence-corrected chi connectivity index (χ4v) is 2.13. The smallest absolute Gasteiger partial charge is 0.166 e. The average Bonchev–Trinajstić information content (AvgIpc) is 2.59. The Labute approximate surface area is 88.1 Å². The maximum Gasteiger partial charge on any atom is 0.166 e. The Hall–Kier alpha value is -0.960. The Morgan fingerprint density at radius 1 is 1.43 bits per heavy atom. The monoisotopic (exact) mass is 206 g/mol. The summed E-state index contributed by atoms with van der Waals surface area (Å²) in [5, 5.41) is 1.65. The Kier molecular flexibility index (Phi) is 2.77. The number of nitrogens with one attached hydrogen (secondary N) is 1. The van der Waals surface area contributed by atoms with Gasteiger partial charge in [0.15, 0.2) is 5.16 Å². The molecule has 1 N–H and O–H groups in total. The van der Waals surface area contributed by atoms with Crippen molar-refractivity contribution in [2.75, 3.05) is 0 Å². The van der Waals surface area contributed by atoms with Crippen molar-refractivity contribution in [3.63, 3.8) is 0 Å². The van der Waals surface area contributed by atoms with Gasteiger partial charge in [0, 0.05) is 5.25 Å². The van der Waals surface area contributed by atoms with Crippen LogP contribution in [0.5, 0.6) is 0 Å². The van der Waals surface area contributed by atoms with Gasteiger partial charge < -0.3 is 4.98 Å². The second-order valence-corrected chi connectivity index (χ2v) is 4.82. The number of imidazole rings is 1. The van der Waals surface area contributed by atoms with Gasteiger partial charge in [-0.1, -0.05) is 37.7 Å². The fraction of sp³-hybridized carbons (Fsp3) is 0.364. The predicted molar refractivity (Wildman–Crippen MR) is 61.7 cm³/mol. The molecule has 1 aromatic heterocycles. The van der Waals surface area contributed by atoms with Crippen molar-refractivity contribution >= 4 is 22.8 Å². The van der Waals surface area contributed by atoms with Gasteiger partial charge in [-0.2, -0.15) is 0 Å². The Bertz CT molecular complexity index is 389. The lowest BCUT2D eigenvalue weighted by molar-refractivity contribution is 0.896. The van der Waals surface area contributed by atoms with Crippen molar-refractivity contribution in [1.29, 1.82) is 0 Å². The third-order valence-corrected chi connectivity index (χ3v) is 3.41. The van der Waals surface area contributed by atoms with E-state index in [1.165, 1.54) is 6.42 Å². The molecule has 0 aliphatic carbocycles. The highest BCUT2D eigenvalue weighted by Gasteiger charge is 2.06. The van der Waals surface area contributed by atoms with Crippen LogP contribution in [0.3, 0.4) is 0 Å². The molecule has 2 aromatic rings. The molecule has 2 nitrogen and oxygen atoms in total. The van der Waals surface area contributed by atoms with E-state index in [0.29, 0.717) is 5.25 Å². The van der Waals surface area contributed by atoms with Gasteiger partial charge in [-0.15, -0.1) is 0 Å². The number of fused-ring (bicyclic) bond motifs is 1. The van der Waals surface area contributed by atoms with Crippen molar-refractivity contribution < 1.29 is 0 Å². The molecule has 0 aliphatic heterocycles. The largest absolute Gasteiger partial charge is 0.333 e. The third kappa shape index (κ3) is 1.93. The number of para-hydroxylation sites is 2. The van der Waals surface area contributed by atoms with Crippen molar-refractivity contribution in [2.45, 2.75) is 30.7 Å². The van der Waals surface area contributed by atoms with Crippen LogP contribution in [0.4, 0.5) is 0 Å². The van der Waals surface area contributed by atoms with E-state index in [9.17, 15) is 0 Å². The van der Waals surface area contributed by atoms with Crippen LogP contribution in [0, 0.1) is 0 Å². The minimum Gasteiger partial charge on any atom is -0.333 e. The van der Waals surface area contributed by atoms with Crippen molar-refractivity contribution in [2.24, 2.45) is 0 Å². The van der Waals surface area contributed by atoms with Gasteiger partial charge in [0.1, 0.15) is 0 Å². The van der Waals surface area contributed by atoms with Gasteiger partial charge in [0.25, 0.3) is 0 Å². The second-order valence-electron chi connectivity index (χ2n) is 3.40. The first kappa shape index (κ1) is 9.59. The SMILES string of the molecule is CC[C@@H](C)Sc1nc2ccccc2[nH]1. The summed E-state index contributed by atoms with van der Waals surface area (Å²) < 4.78 is 0. The van der Waals surface area contributed by atoms with Gasteiger partial charge in [-0.3, -0.25) is 0 Å². The molecule has 74 valence electrons. The van der Waals surface area contributed by atoms with Gasteiger partial charge in [-0.25, -0.2) is 4.98 Å². The molecule has 0 bridgehead atoms. The minimum absolute atomic E-state index is 0.621. The first-order valence-corrected chi connectivity index (χ1v) is 5.79. The van der Waals surface area contributed by atoms with E-state index >= 15 is 0 Å². The minimum atomic E-state index is 0.621. The van der Waals surface area contributed by atoms with Crippen molar-refractivity contribution in [3.8, 4) is 0 Å². The lowest BCUT2D eigenvalue weighted by Crippen LogP contribution is -1.92. The quantitative estimate of drug-likeness (QED) is 0.779. The third-order valence-electron chi connectivity index (χ3n) is 2.26. The van der Waals surface area contributed by atoms with Crippen LogP contribution in [0.2, 0.25) is 0 Å². The molecule has 14 heavy (non-hydrogen) atoms. The molecule has 0 aliphatic rings. The molecule has 0 saturated heterocycles. The Balaban J connectivity index is 2.27. The molecule has 1 aromatic carbocycles. The number of thioether (sulfide) groups is 1. The van der Waals surface area contributed by atoms with E-state index in [2.05, 4.69) is 29.9 Å². The van der Waals surface area contributed by atoms with Crippen LogP contribution >= 0.6 is 11.8 Å². The number of benzene rings is 1. The van der Waals surface area contributed by atoms with E-state index in [1.807, 2.05) is 18.2 Å². The summed E-state index contributed by atoms with van der Waals surface area (Å²) in [5.41, 5.74) is 2.18. The van der Waals surface area contributed by atoms with Crippen molar-refractivity contribution in [3.05, 3.63) is 24.3 Å². The second kappa shape index (κ2) is 4.05. The molecule has 1 heterocycles. The molecule has 0 spiro atoms. The first-order valence-electron chi connectivity index (χ1n) is 4.91. The average molecular weight is 206 g/mol. The maximum atomic E-state index is 4.51. The Morgan fingerprint density at radius 3 is 2.93 bits per heavy atom. The van der Waals surface area contributed by atoms with Gasteiger partial charge in [0.05, 0.1) is 11.0 Å². The summed E-state index contributed by atoms with van der Waals surface area (Å²) in [6.45, 7) is 4.41. The number of aromatic amines is 1. The zero-order chi connectivity index (χ0) is 9.97. The summed E-state index contributed by atoms with van der Waals surface area (Å²) in [5.74, 6) is 0. The number of nitrogens with zero attached hydrogens (tertiary/aromatic N) is 1. The topological polar surface area (TPSA) is 28.7 Å². The summed E-state index contributed by atoms with van der Waals surface area (Å²) in [4.78, 5) is 7.82. The number of hydrogen-bond donors (Lipinski definition) is 1. The number of H-pyrrole nitrogens is 1. The number of rotatable bonds is 3. The molecular weight excluding hydrogens is 192 g/mol. The number of aromatic nitrogens is 2. The summed E-state index contributed by atoms with van der Waals surface area (Å²) >= 11 is 1.80. The zero-order valence-electron chi connectivity index (χ0n) is 8.45. The predicted octanol–water partition coefficient (Wildman–Crippen LogP) is 3.45. The van der Waals surface area contributed by atoms with Crippen LogP contribution in [0.25, 0.3) is 11.0 Å². The van der Waals surface area contributed by atoms with Crippen LogP contribution in [0.1, 0.15) is 20.3 Å². The van der Waals surface area contributed by atoms with Gasteiger partial charge in [0.2, 0.25) is 0 Å². The molecule has 0 unspecified atom stereocenters. The van der Waals surface area contributed by atoms with E-state index in [-0.39, 0.29) is 0 Å². The highest BCUT2D eigenvalue weighted by molar-refractivity contribution is 7.99. The standard InChI is InChI=1S/C11H14N2S/c1-3-8(2)14-11-12-9-6-4-5-7-10(9)13-11/h4-8H,3H2,1-2H3,(H,12,13)/t8-/m1/s1. The van der Waals surface area contributed by atoms with Gasteiger partial charge >= 0.3 is 0 Å². The molecular formula is C11H14N2S. The molecule has 0 fully saturated rings. The zero-order valence-corrected chi connectivity index (χ0v) is 9.27. The van der Waals surface area contributed by atoms with Crippen LogP contribution in [-0.4, -0.2) is 15.2 Å². The van der Waals surface area contributed by atoms with E-state index in [1.54, 1.807) is 11.8 Å². The van der Waals surface area contributed by atoms with E-state index in [4.69, 9.17) is 0 Å². The van der Waals surface area contributed by atoms with Crippen LogP contribution in [0.15, 0.2) is 29.4 Å². The lowest BCUT2D eigenvalue weighted by Gasteiger charge is -2.03. The lowest BCUT2D eigenvalue weighted by atomic mass is 10.3. The summed E-state index contributed by atoms with van der Waals surface area (Å²) in [6, 6.07) is 8.13. The molecule has 0 radical (unpaired) electrons. The van der Waals surface area contributed by atoms with Gasteiger partial charge in [-0.05, 0) is 18.6 Å². The maximum absolute atomic E-state index is 4.51. The summed E-state index contributed by atoms with van der Waals surface area (Å²) in [6.07, 6.45) is 1.17. The van der Waals surface area contributed by atoms with Crippen molar-refractivity contribution in [1.82, 2.24) is 9.97 Å². The van der Waals surface area contributed by atoms with E-state index in [0.717, 1.165) is 16.2 Å². The molecule has 3 heteroatoms. The molecule has 1 atom stereocenters.